The number of carbonyl (C=O) groups excluding carboxylic acids is 1. The van der Waals surface area contributed by atoms with Crippen molar-refractivity contribution in [1.29, 1.82) is 0 Å². The molecule has 8 rings (SSSR count). The van der Waals surface area contributed by atoms with E-state index < -0.39 is 5.97 Å². The van der Waals surface area contributed by atoms with Crippen LogP contribution in [0.4, 0.5) is 0 Å². The molecule has 2 atom stereocenters. The van der Waals surface area contributed by atoms with E-state index >= 15 is 0 Å². The second kappa shape index (κ2) is 13.6. The molecule has 6 bridgehead atoms. The predicted molar refractivity (Wildman–Crippen MR) is 196 cm³/mol. The van der Waals surface area contributed by atoms with E-state index in [0.29, 0.717) is 29.4 Å². The molecular weight excluding hydrogens is 752 g/mol. The normalized spacial score (nSPS) is 18.8. The van der Waals surface area contributed by atoms with Crippen LogP contribution in [0.15, 0.2) is 57.5 Å². The first-order valence-corrected chi connectivity index (χ1v) is 18.1. The van der Waals surface area contributed by atoms with Gasteiger partial charge in [-0.3, -0.25) is 14.6 Å². The summed E-state index contributed by atoms with van der Waals surface area (Å²) >= 11 is 7.67. The minimum Gasteiger partial charge on any atom is -0.493 e. The molecule has 49 heavy (non-hydrogen) atoms. The van der Waals surface area contributed by atoms with E-state index in [1.54, 1.807) is 14.2 Å². The molecule has 0 saturated heterocycles. The smallest absolute Gasteiger partial charge is 0.308 e. The van der Waals surface area contributed by atoms with Crippen molar-refractivity contribution in [3.63, 3.8) is 0 Å². The summed E-state index contributed by atoms with van der Waals surface area (Å²) in [6.45, 7) is 5.26. The Kier molecular flexibility index (Phi) is 9.43. The Hall–Kier alpha value is -3.57. The van der Waals surface area contributed by atoms with Crippen LogP contribution < -0.4 is 23.7 Å². The van der Waals surface area contributed by atoms with Gasteiger partial charge in [0, 0.05) is 42.1 Å². The Morgan fingerprint density at radius 1 is 0.837 bits per heavy atom. The van der Waals surface area contributed by atoms with Gasteiger partial charge in [-0.25, -0.2) is 0 Å². The molecule has 4 aliphatic rings. The number of rotatable bonds is 3. The fourth-order valence-corrected chi connectivity index (χ4v) is 8.69. The van der Waals surface area contributed by atoms with E-state index in [9.17, 15) is 4.79 Å². The lowest BCUT2D eigenvalue weighted by molar-refractivity contribution is -0.132. The monoisotopic (exact) mass is 790 g/mol. The van der Waals surface area contributed by atoms with Crippen LogP contribution in [-0.2, 0) is 30.5 Å². The molecule has 0 amide bonds. The van der Waals surface area contributed by atoms with Crippen LogP contribution >= 0.6 is 31.9 Å². The summed E-state index contributed by atoms with van der Waals surface area (Å²) in [5.74, 6) is 3.45. The number of carbonyl (C=O) groups is 1. The zero-order chi connectivity index (χ0) is 34.6. The zero-order valence-corrected chi connectivity index (χ0v) is 31.8. The summed E-state index contributed by atoms with van der Waals surface area (Å²) in [6, 6.07) is 16.8. The first kappa shape index (κ1) is 33.9. The summed E-state index contributed by atoms with van der Waals surface area (Å²) in [5, 5.41) is 0. The molecule has 0 unspecified atom stereocenters. The van der Waals surface area contributed by atoms with Crippen molar-refractivity contribution in [1.82, 2.24) is 9.80 Å². The van der Waals surface area contributed by atoms with Crippen molar-refractivity contribution in [2.75, 3.05) is 41.4 Å². The Morgan fingerprint density at radius 2 is 1.57 bits per heavy atom. The molecular formula is C39H40Br2N2O6. The van der Waals surface area contributed by atoms with E-state index in [0.717, 1.165) is 75.1 Å². The average Bonchev–Trinajstić information content (AvgIpc) is 3.07. The SMILES string of the molecule is COc1cc(Br)c2cc1Oc1ccc(cc1)C[C@H]1c3cc(c(C)cc3CCN1C)Oc1c(OC(C)=O)c(OC)c(Br)c3c1[C@H](C2)N(C)CC3. The van der Waals surface area contributed by atoms with Gasteiger partial charge < -0.3 is 23.7 Å². The molecule has 4 aromatic carbocycles. The van der Waals surface area contributed by atoms with Crippen molar-refractivity contribution >= 4 is 37.8 Å². The largest absolute Gasteiger partial charge is 0.493 e. The maximum atomic E-state index is 12.7. The third-order valence-electron chi connectivity index (χ3n) is 10.1. The number of ether oxygens (including phenoxy) is 5. The lowest BCUT2D eigenvalue weighted by atomic mass is 9.86. The molecule has 0 fully saturated rings. The van der Waals surface area contributed by atoms with Crippen LogP contribution in [0.3, 0.4) is 0 Å². The van der Waals surface area contributed by atoms with E-state index in [-0.39, 0.29) is 17.8 Å². The second-order valence-electron chi connectivity index (χ2n) is 13.2. The fraction of sp³-hybridized carbons (Fsp3) is 0.359. The Bertz CT molecular complexity index is 1950. The molecule has 0 aliphatic carbocycles. The zero-order valence-electron chi connectivity index (χ0n) is 28.6. The number of hydrogen-bond acceptors (Lipinski definition) is 8. The molecule has 0 radical (unpaired) electrons. The summed E-state index contributed by atoms with van der Waals surface area (Å²) in [6.07, 6.45) is 3.14. The van der Waals surface area contributed by atoms with Gasteiger partial charge >= 0.3 is 5.97 Å². The van der Waals surface area contributed by atoms with Crippen LogP contribution in [0.1, 0.15) is 58.0 Å². The fourth-order valence-electron chi connectivity index (χ4n) is 7.45. The third-order valence-corrected chi connectivity index (χ3v) is 11.7. The molecule has 4 heterocycles. The predicted octanol–water partition coefficient (Wildman–Crippen LogP) is 8.90. The van der Waals surface area contributed by atoms with Gasteiger partial charge in [-0.2, -0.15) is 0 Å². The van der Waals surface area contributed by atoms with Crippen LogP contribution in [0, 0.1) is 6.92 Å². The van der Waals surface area contributed by atoms with Crippen molar-refractivity contribution < 1.29 is 28.5 Å². The van der Waals surface area contributed by atoms with Gasteiger partial charge in [-0.15, -0.1) is 0 Å². The minimum absolute atomic E-state index is 0.145. The van der Waals surface area contributed by atoms with Crippen molar-refractivity contribution in [2.24, 2.45) is 0 Å². The second-order valence-corrected chi connectivity index (χ2v) is 14.8. The number of esters is 1. The first-order valence-electron chi connectivity index (χ1n) is 16.5. The van der Waals surface area contributed by atoms with Gasteiger partial charge in [0.15, 0.2) is 23.0 Å². The highest BCUT2D eigenvalue weighted by Crippen LogP contribution is 2.55. The van der Waals surface area contributed by atoms with E-state index in [1.807, 2.05) is 24.3 Å². The van der Waals surface area contributed by atoms with Gasteiger partial charge in [0.1, 0.15) is 11.5 Å². The topological polar surface area (TPSA) is 69.7 Å². The van der Waals surface area contributed by atoms with Crippen molar-refractivity contribution in [3.05, 3.63) is 96.4 Å². The maximum absolute atomic E-state index is 12.7. The van der Waals surface area contributed by atoms with Gasteiger partial charge in [0.2, 0.25) is 5.75 Å². The summed E-state index contributed by atoms with van der Waals surface area (Å²) in [4.78, 5) is 17.4. The van der Waals surface area contributed by atoms with Gasteiger partial charge in [-0.05, 0) is 126 Å². The number of fused-ring (bicyclic) bond motifs is 2. The molecule has 0 saturated carbocycles. The summed E-state index contributed by atoms with van der Waals surface area (Å²) in [7, 11) is 7.54. The molecule has 0 N–H and O–H groups in total. The summed E-state index contributed by atoms with van der Waals surface area (Å²) < 4.78 is 32.9. The van der Waals surface area contributed by atoms with Gasteiger partial charge in [0.25, 0.3) is 0 Å². The van der Waals surface area contributed by atoms with Crippen LogP contribution in [0.5, 0.6) is 40.2 Å². The highest BCUT2D eigenvalue weighted by molar-refractivity contribution is 9.11. The number of nitrogens with zero attached hydrogens (tertiary/aromatic N) is 2. The number of aryl methyl sites for hydroxylation is 1. The van der Waals surface area contributed by atoms with Crippen LogP contribution in [0.25, 0.3) is 0 Å². The quantitative estimate of drug-likeness (QED) is 0.151. The van der Waals surface area contributed by atoms with E-state index in [1.165, 1.54) is 23.6 Å². The van der Waals surface area contributed by atoms with Crippen molar-refractivity contribution in [2.45, 2.75) is 51.6 Å². The third kappa shape index (κ3) is 6.33. The maximum Gasteiger partial charge on any atom is 0.308 e. The Labute approximate surface area is 304 Å². The molecule has 0 aromatic heterocycles. The van der Waals surface area contributed by atoms with Crippen LogP contribution in [0.2, 0.25) is 0 Å². The molecule has 256 valence electrons. The standard InChI is InChI=1S/C39H40Br2N2O6/c1-21-15-24-11-13-42(3)30-16-23-7-9-26(10-8-23)48-34-18-25(29(40)20-33(34)45-5)17-31-35-27(12-14-43(31)4)36(41)38(46-6)39(47-22(2)44)37(35)49-32(21)19-28(24)30/h7-10,15,18-20,30-31H,11-14,16-17H2,1-6H3/t30-,31-/m0/s1. The number of likely N-dealkylation sites (N-methyl/N-ethyl adjacent to an activating group) is 2. The van der Waals surface area contributed by atoms with Crippen molar-refractivity contribution in [3.8, 4) is 40.2 Å². The Balaban J connectivity index is 1.51. The molecule has 8 nitrogen and oxygen atoms in total. The Morgan fingerprint density at radius 3 is 2.29 bits per heavy atom. The minimum atomic E-state index is -0.459. The highest BCUT2D eigenvalue weighted by Gasteiger charge is 2.37. The van der Waals surface area contributed by atoms with Gasteiger partial charge in [0.05, 0.1) is 18.7 Å². The highest BCUT2D eigenvalue weighted by atomic mass is 79.9. The van der Waals surface area contributed by atoms with E-state index in [4.69, 9.17) is 23.7 Å². The number of methoxy groups -OCH3 is 2. The lowest BCUT2D eigenvalue weighted by Gasteiger charge is -2.38. The average molecular weight is 793 g/mol. The van der Waals surface area contributed by atoms with Gasteiger partial charge in [-0.1, -0.05) is 34.1 Å². The summed E-state index contributed by atoms with van der Waals surface area (Å²) in [5.41, 5.74) is 7.83. The van der Waals surface area contributed by atoms with Crippen LogP contribution in [-0.4, -0.2) is 57.2 Å². The number of hydrogen-bond donors (Lipinski definition) is 0. The van der Waals surface area contributed by atoms with E-state index in [2.05, 4.69) is 86.9 Å². The molecule has 4 aliphatic heterocycles. The number of benzene rings is 4. The number of halogens is 2. The lowest BCUT2D eigenvalue weighted by Crippen LogP contribution is -2.34. The molecule has 0 spiro atoms. The molecule has 4 aromatic rings. The molecule has 10 heteroatoms. The first-order chi connectivity index (χ1) is 23.6.